The number of amides is 1. The number of aliphatic hydroxyl groups is 1. The number of likely N-dealkylation sites (N-methyl/N-ethyl adjacent to an activating group) is 1. The maximum Gasteiger partial charge on any atom is 0.472 e. The van der Waals surface area contributed by atoms with Crippen LogP contribution in [0.3, 0.4) is 0 Å². The average Bonchev–Trinajstić information content (AvgIpc) is 2.97. The third-order valence-electron chi connectivity index (χ3n) is 8.26. The molecule has 0 aliphatic heterocycles. The monoisotopic (exact) mass is 662 g/mol. The van der Waals surface area contributed by atoms with E-state index in [2.05, 4.69) is 19.2 Å². The lowest BCUT2D eigenvalue weighted by atomic mass is 10.0. The minimum Gasteiger partial charge on any atom is -0.387 e. The van der Waals surface area contributed by atoms with Crippen LogP contribution in [0.15, 0.2) is 12.2 Å². The Balaban J connectivity index is 4.46. The molecule has 45 heavy (non-hydrogen) atoms. The predicted octanol–water partition coefficient (Wildman–Crippen LogP) is 9.24. The van der Waals surface area contributed by atoms with Crippen molar-refractivity contribution in [1.29, 1.82) is 0 Å². The smallest absolute Gasteiger partial charge is 0.387 e. The zero-order valence-electron chi connectivity index (χ0n) is 30.1. The Morgan fingerprint density at radius 1 is 0.733 bits per heavy atom. The lowest BCUT2D eigenvalue weighted by molar-refractivity contribution is -0.870. The van der Waals surface area contributed by atoms with Gasteiger partial charge < -0.3 is 19.8 Å². The normalized spacial score (nSPS) is 14.9. The molecule has 0 rings (SSSR count). The fourth-order valence-electron chi connectivity index (χ4n) is 5.22. The van der Waals surface area contributed by atoms with Crippen LogP contribution in [0.5, 0.6) is 0 Å². The number of rotatable bonds is 33. The van der Waals surface area contributed by atoms with Crippen molar-refractivity contribution in [2.24, 2.45) is 0 Å². The van der Waals surface area contributed by atoms with E-state index in [1.807, 2.05) is 27.2 Å². The van der Waals surface area contributed by atoms with Crippen LogP contribution in [-0.4, -0.2) is 73.4 Å². The van der Waals surface area contributed by atoms with Gasteiger partial charge in [0.1, 0.15) is 13.2 Å². The highest BCUT2D eigenvalue weighted by Crippen LogP contribution is 2.43. The number of allylic oxidation sites excluding steroid dienone is 1. The first kappa shape index (κ1) is 44.2. The Morgan fingerprint density at radius 3 is 1.64 bits per heavy atom. The van der Waals surface area contributed by atoms with Crippen molar-refractivity contribution in [3.63, 3.8) is 0 Å². The molecule has 0 heterocycles. The molecule has 0 aromatic heterocycles. The summed E-state index contributed by atoms with van der Waals surface area (Å²) in [5, 5.41) is 13.7. The summed E-state index contributed by atoms with van der Waals surface area (Å²) < 4.78 is 23.4. The Labute approximate surface area is 278 Å². The minimum atomic E-state index is -4.32. The number of unbranched alkanes of at least 4 members (excludes halogenated alkanes) is 20. The zero-order chi connectivity index (χ0) is 33.7. The van der Waals surface area contributed by atoms with Gasteiger partial charge in [-0.3, -0.25) is 13.8 Å². The molecule has 1 unspecified atom stereocenters. The summed E-state index contributed by atoms with van der Waals surface area (Å²) in [7, 11) is 1.57. The largest absolute Gasteiger partial charge is 0.472 e. The van der Waals surface area contributed by atoms with Gasteiger partial charge in [0.25, 0.3) is 0 Å². The van der Waals surface area contributed by atoms with Crippen LogP contribution in [0.1, 0.15) is 162 Å². The second-order valence-corrected chi connectivity index (χ2v) is 15.4. The molecule has 0 saturated heterocycles. The molecule has 0 saturated carbocycles. The van der Waals surface area contributed by atoms with Gasteiger partial charge in [-0.1, -0.05) is 148 Å². The van der Waals surface area contributed by atoms with E-state index < -0.39 is 20.0 Å². The quantitative estimate of drug-likeness (QED) is 0.0280. The molecule has 1 amide bonds. The molecule has 0 fully saturated rings. The van der Waals surface area contributed by atoms with Crippen molar-refractivity contribution >= 4 is 13.7 Å². The number of quaternary nitrogens is 1. The van der Waals surface area contributed by atoms with Crippen molar-refractivity contribution < 1.29 is 32.9 Å². The number of nitrogens with one attached hydrogen (secondary N) is 1. The topological polar surface area (TPSA) is 105 Å². The average molecular weight is 662 g/mol. The number of phosphoric acid groups is 1. The van der Waals surface area contributed by atoms with E-state index in [0.29, 0.717) is 17.4 Å². The third-order valence-corrected chi connectivity index (χ3v) is 9.24. The minimum absolute atomic E-state index is 0.0637. The second kappa shape index (κ2) is 29.4. The van der Waals surface area contributed by atoms with Gasteiger partial charge in [-0.2, -0.15) is 0 Å². The van der Waals surface area contributed by atoms with Gasteiger partial charge in [0.05, 0.1) is 39.9 Å². The van der Waals surface area contributed by atoms with Crippen molar-refractivity contribution in [1.82, 2.24) is 5.32 Å². The highest BCUT2D eigenvalue weighted by molar-refractivity contribution is 7.47. The van der Waals surface area contributed by atoms with Crippen LogP contribution >= 0.6 is 7.82 Å². The molecule has 9 heteroatoms. The van der Waals surface area contributed by atoms with E-state index in [-0.39, 0.29) is 19.1 Å². The maximum atomic E-state index is 12.7. The van der Waals surface area contributed by atoms with Crippen molar-refractivity contribution in [2.45, 2.75) is 174 Å². The van der Waals surface area contributed by atoms with Crippen LogP contribution in [0.4, 0.5) is 0 Å². The molecule has 0 radical (unpaired) electrons. The van der Waals surface area contributed by atoms with Gasteiger partial charge in [0.15, 0.2) is 0 Å². The molecule has 268 valence electrons. The number of phosphoric ester groups is 1. The first-order valence-corrected chi connectivity index (χ1v) is 20.1. The summed E-state index contributed by atoms with van der Waals surface area (Å²) in [6.45, 7) is 4.75. The maximum absolute atomic E-state index is 12.7. The molecule has 3 N–H and O–H groups in total. The summed E-state index contributed by atoms with van der Waals surface area (Å²) in [6.07, 6.45) is 30.0. The SMILES string of the molecule is CCCCCCCCCCCCCCCC/C=C/[C@H](O)[C@@H](COP(=O)(O)OCC[N+](C)(C)C)NC(=O)CCCCCCCCC. The lowest BCUT2D eigenvalue weighted by Crippen LogP contribution is -2.45. The third kappa shape index (κ3) is 31.6. The Morgan fingerprint density at radius 2 is 1.18 bits per heavy atom. The van der Waals surface area contributed by atoms with Gasteiger partial charge in [0, 0.05) is 6.42 Å². The van der Waals surface area contributed by atoms with E-state index in [0.717, 1.165) is 38.5 Å². The molecule has 0 aliphatic carbocycles. The van der Waals surface area contributed by atoms with E-state index in [1.165, 1.54) is 103 Å². The summed E-state index contributed by atoms with van der Waals surface area (Å²) in [4.78, 5) is 22.8. The summed E-state index contributed by atoms with van der Waals surface area (Å²) >= 11 is 0. The summed E-state index contributed by atoms with van der Waals surface area (Å²) in [6, 6.07) is -0.836. The molecule has 3 atom stereocenters. The van der Waals surface area contributed by atoms with Crippen molar-refractivity contribution in [2.75, 3.05) is 40.9 Å². The molecule has 0 aromatic carbocycles. The fraction of sp³-hybridized carbons (Fsp3) is 0.917. The number of carbonyl (C=O) groups is 1. The molecule has 0 spiro atoms. The van der Waals surface area contributed by atoms with Gasteiger partial charge in [0.2, 0.25) is 5.91 Å². The van der Waals surface area contributed by atoms with Crippen LogP contribution in [0.25, 0.3) is 0 Å². The number of nitrogens with zero attached hydrogens (tertiary/aromatic N) is 1. The first-order chi connectivity index (χ1) is 21.5. The van der Waals surface area contributed by atoms with Gasteiger partial charge in [-0.05, 0) is 19.3 Å². The molecule has 0 bridgehead atoms. The van der Waals surface area contributed by atoms with E-state index in [4.69, 9.17) is 9.05 Å². The molecular weight excluding hydrogens is 587 g/mol. The van der Waals surface area contributed by atoms with E-state index >= 15 is 0 Å². The summed E-state index contributed by atoms with van der Waals surface area (Å²) in [5.74, 6) is -0.185. The fourth-order valence-corrected chi connectivity index (χ4v) is 5.95. The first-order valence-electron chi connectivity index (χ1n) is 18.6. The van der Waals surface area contributed by atoms with Crippen LogP contribution in [0, 0.1) is 0 Å². The highest BCUT2D eigenvalue weighted by Gasteiger charge is 2.27. The van der Waals surface area contributed by atoms with Crippen molar-refractivity contribution in [3.05, 3.63) is 12.2 Å². The van der Waals surface area contributed by atoms with E-state index in [1.54, 1.807) is 6.08 Å². The zero-order valence-corrected chi connectivity index (χ0v) is 31.0. The van der Waals surface area contributed by atoms with E-state index in [9.17, 15) is 19.4 Å². The van der Waals surface area contributed by atoms with Crippen LogP contribution in [-0.2, 0) is 18.4 Å². The highest BCUT2D eigenvalue weighted by atomic mass is 31.2. The second-order valence-electron chi connectivity index (χ2n) is 14.0. The molecule has 0 aliphatic rings. The Bertz CT molecular complexity index is 758. The lowest BCUT2D eigenvalue weighted by Gasteiger charge is -2.25. The molecule has 8 nitrogen and oxygen atoms in total. The standard InChI is InChI=1S/C36H73N2O6P/c1-6-8-10-12-14-15-16-17-18-19-20-21-22-24-25-27-29-35(39)34(33-44-45(41,42)43-32-31-38(3,4)5)37-36(40)30-28-26-23-13-11-9-7-2/h27,29,34-35,39H,6-26,28,30-33H2,1-5H3,(H-,37,40,41,42)/p+1/b29-27+/t34-,35+/m1/s1. The van der Waals surface area contributed by atoms with Gasteiger partial charge in [-0.25, -0.2) is 4.57 Å². The molecule has 0 aromatic rings. The summed E-state index contributed by atoms with van der Waals surface area (Å²) in [5.41, 5.74) is 0. The number of carbonyl (C=O) groups excluding carboxylic acids is 1. The van der Waals surface area contributed by atoms with Gasteiger partial charge >= 0.3 is 7.82 Å². The Hall–Kier alpha value is -0.760. The predicted molar refractivity (Wildman–Crippen MR) is 189 cm³/mol. The number of hydrogen-bond donors (Lipinski definition) is 3. The van der Waals surface area contributed by atoms with Crippen LogP contribution in [0.2, 0.25) is 0 Å². The van der Waals surface area contributed by atoms with Gasteiger partial charge in [-0.15, -0.1) is 0 Å². The molecular formula is C36H74N2O6P+. The number of aliphatic hydroxyl groups excluding tert-OH is 1. The Kier molecular flexibility index (Phi) is 28.9. The van der Waals surface area contributed by atoms with Crippen LogP contribution < -0.4 is 5.32 Å². The van der Waals surface area contributed by atoms with Crippen molar-refractivity contribution in [3.8, 4) is 0 Å². The number of hydrogen-bond acceptors (Lipinski definition) is 5.